The van der Waals surface area contributed by atoms with Crippen molar-refractivity contribution in [3.05, 3.63) is 29.8 Å². The zero-order chi connectivity index (χ0) is 8.97. The molecule has 12 heavy (non-hydrogen) atoms. The van der Waals surface area contributed by atoms with Gasteiger partial charge in [-0.15, -0.1) is 0 Å². The lowest BCUT2D eigenvalue weighted by atomic mass is 10.2. The molecule has 0 unspecified atom stereocenters. The summed E-state index contributed by atoms with van der Waals surface area (Å²) in [7, 11) is 0. The van der Waals surface area contributed by atoms with Crippen LogP contribution in [-0.2, 0) is 5.75 Å². The van der Waals surface area contributed by atoms with Crippen LogP contribution in [0.1, 0.15) is 19.4 Å². The highest BCUT2D eigenvalue weighted by Crippen LogP contribution is 2.20. The van der Waals surface area contributed by atoms with Crippen molar-refractivity contribution in [2.45, 2.75) is 24.9 Å². The van der Waals surface area contributed by atoms with E-state index >= 15 is 0 Å². The minimum absolute atomic E-state index is 0.671. The van der Waals surface area contributed by atoms with E-state index in [1.54, 1.807) is 0 Å². The molecule has 0 heterocycles. The van der Waals surface area contributed by atoms with Crippen LogP contribution in [-0.4, -0.2) is 5.25 Å². The van der Waals surface area contributed by atoms with E-state index in [0.717, 1.165) is 11.4 Å². The highest BCUT2D eigenvalue weighted by Gasteiger charge is 1.99. The van der Waals surface area contributed by atoms with Crippen molar-refractivity contribution >= 4 is 17.4 Å². The topological polar surface area (TPSA) is 26.0 Å². The predicted molar refractivity (Wildman–Crippen MR) is 57.3 cm³/mol. The molecule has 66 valence electrons. The Morgan fingerprint density at radius 1 is 1.33 bits per heavy atom. The molecule has 0 amide bonds. The van der Waals surface area contributed by atoms with Gasteiger partial charge in [-0.25, -0.2) is 0 Å². The Labute approximate surface area is 78.4 Å². The molecule has 0 saturated heterocycles. The Morgan fingerprint density at radius 2 is 2.00 bits per heavy atom. The molecule has 1 aromatic carbocycles. The van der Waals surface area contributed by atoms with E-state index in [0.29, 0.717) is 5.25 Å². The van der Waals surface area contributed by atoms with Crippen LogP contribution >= 0.6 is 11.8 Å². The lowest BCUT2D eigenvalue weighted by molar-refractivity contribution is 1.11. The molecule has 0 saturated carbocycles. The summed E-state index contributed by atoms with van der Waals surface area (Å²) in [5.41, 5.74) is 7.95. The third kappa shape index (κ3) is 2.78. The number of hydrogen-bond acceptors (Lipinski definition) is 2. The van der Waals surface area contributed by atoms with Crippen molar-refractivity contribution < 1.29 is 0 Å². The number of nitrogens with two attached hydrogens (primary N) is 1. The first-order valence-electron chi connectivity index (χ1n) is 4.15. The maximum Gasteiger partial charge on any atom is 0.0355 e. The van der Waals surface area contributed by atoms with Crippen LogP contribution in [0.3, 0.4) is 0 Å². The molecule has 2 heteroatoms. The van der Waals surface area contributed by atoms with Crippen LogP contribution < -0.4 is 5.73 Å². The molecule has 1 aromatic rings. The van der Waals surface area contributed by atoms with Gasteiger partial charge in [-0.05, 0) is 16.9 Å². The van der Waals surface area contributed by atoms with Gasteiger partial charge in [0.25, 0.3) is 0 Å². The number of para-hydroxylation sites is 1. The van der Waals surface area contributed by atoms with Gasteiger partial charge in [-0.3, -0.25) is 0 Å². The second-order valence-corrected chi connectivity index (χ2v) is 4.62. The van der Waals surface area contributed by atoms with Gasteiger partial charge in [-0.1, -0.05) is 32.0 Å². The third-order valence-electron chi connectivity index (χ3n) is 1.63. The van der Waals surface area contributed by atoms with Crippen molar-refractivity contribution in [1.29, 1.82) is 0 Å². The van der Waals surface area contributed by atoms with Gasteiger partial charge in [0.15, 0.2) is 0 Å². The van der Waals surface area contributed by atoms with Gasteiger partial charge in [0.1, 0.15) is 0 Å². The summed E-state index contributed by atoms with van der Waals surface area (Å²) in [5.74, 6) is 1.02. The smallest absolute Gasteiger partial charge is 0.0355 e. The van der Waals surface area contributed by atoms with Crippen LogP contribution in [0.15, 0.2) is 24.3 Å². The van der Waals surface area contributed by atoms with Crippen molar-refractivity contribution in [2.75, 3.05) is 5.73 Å². The summed E-state index contributed by atoms with van der Waals surface area (Å²) in [6.07, 6.45) is 0. The summed E-state index contributed by atoms with van der Waals surface area (Å²) in [6.45, 7) is 4.40. The first-order chi connectivity index (χ1) is 5.70. The monoisotopic (exact) mass is 181 g/mol. The van der Waals surface area contributed by atoms with E-state index in [-0.39, 0.29) is 0 Å². The number of nitrogen functional groups attached to an aromatic ring is 1. The molecule has 0 aromatic heterocycles. The van der Waals surface area contributed by atoms with E-state index in [1.165, 1.54) is 5.56 Å². The average molecular weight is 181 g/mol. The number of benzene rings is 1. The standard InChI is InChI=1S/C10H15NS/c1-8(2)12-7-9-5-3-4-6-10(9)11/h3-6,8H,7,11H2,1-2H3. The van der Waals surface area contributed by atoms with Crippen molar-refractivity contribution in [3.63, 3.8) is 0 Å². The first kappa shape index (κ1) is 9.46. The molecule has 1 rings (SSSR count). The van der Waals surface area contributed by atoms with Gasteiger partial charge in [-0.2, -0.15) is 11.8 Å². The van der Waals surface area contributed by atoms with Crippen molar-refractivity contribution in [1.82, 2.24) is 0 Å². The largest absolute Gasteiger partial charge is 0.398 e. The van der Waals surface area contributed by atoms with E-state index in [1.807, 2.05) is 30.0 Å². The summed E-state index contributed by atoms with van der Waals surface area (Å²) in [6, 6.07) is 8.05. The van der Waals surface area contributed by atoms with E-state index in [2.05, 4.69) is 19.9 Å². The SMILES string of the molecule is CC(C)SCc1ccccc1N. The van der Waals surface area contributed by atoms with Crippen LogP contribution in [0.4, 0.5) is 5.69 Å². The quantitative estimate of drug-likeness (QED) is 0.726. The second-order valence-electron chi connectivity index (χ2n) is 3.06. The van der Waals surface area contributed by atoms with Gasteiger partial charge < -0.3 is 5.73 Å². The normalized spacial score (nSPS) is 10.6. The highest BCUT2D eigenvalue weighted by molar-refractivity contribution is 7.99. The van der Waals surface area contributed by atoms with Crippen LogP contribution in [0.25, 0.3) is 0 Å². The third-order valence-corrected chi connectivity index (χ3v) is 2.77. The van der Waals surface area contributed by atoms with Crippen molar-refractivity contribution in [3.8, 4) is 0 Å². The van der Waals surface area contributed by atoms with Gasteiger partial charge in [0, 0.05) is 11.4 Å². The second kappa shape index (κ2) is 4.41. The Bertz CT molecular complexity index is 245. The summed E-state index contributed by atoms with van der Waals surface area (Å²) in [5, 5.41) is 0.671. The lowest BCUT2D eigenvalue weighted by Crippen LogP contribution is -1.94. The van der Waals surface area contributed by atoms with Gasteiger partial charge >= 0.3 is 0 Å². The maximum atomic E-state index is 5.79. The number of anilines is 1. The molecular weight excluding hydrogens is 166 g/mol. The average Bonchev–Trinajstić information content (AvgIpc) is 2.03. The fourth-order valence-electron chi connectivity index (χ4n) is 0.922. The molecule has 0 fully saturated rings. The van der Waals surface area contributed by atoms with Gasteiger partial charge in [0.05, 0.1) is 0 Å². The Morgan fingerprint density at radius 3 is 2.58 bits per heavy atom. The van der Waals surface area contributed by atoms with E-state index in [4.69, 9.17) is 5.73 Å². The van der Waals surface area contributed by atoms with Crippen LogP contribution in [0.2, 0.25) is 0 Å². The molecule has 0 spiro atoms. The molecule has 0 aliphatic carbocycles. The first-order valence-corrected chi connectivity index (χ1v) is 5.20. The lowest BCUT2D eigenvalue weighted by Gasteiger charge is -2.06. The molecule has 0 radical (unpaired) electrons. The number of rotatable bonds is 3. The highest BCUT2D eigenvalue weighted by atomic mass is 32.2. The molecule has 0 atom stereocenters. The van der Waals surface area contributed by atoms with Crippen LogP contribution in [0, 0.1) is 0 Å². The Hall–Kier alpha value is -0.630. The predicted octanol–water partition coefficient (Wildman–Crippen LogP) is 2.91. The zero-order valence-electron chi connectivity index (χ0n) is 7.58. The van der Waals surface area contributed by atoms with E-state index < -0.39 is 0 Å². The van der Waals surface area contributed by atoms with Crippen LogP contribution in [0.5, 0.6) is 0 Å². The Balaban J connectivity index is 2.57. The molecular formula is C10H15NS. The van der Waals surface area contributed by atoms with Crippen molar-refractivity contribution in [2.24, 2.45) is 0 Å². The fourth-order valence-corrected chi connectivity index (χ4v) is 1.70. The molecule has 0 bridgehead atoms. The molecule has 0 aliphatic rings. The summed E-state index contributed by atoms with van der Waals surface area (Å²) in [4.78, 5) is 0. The molecule has 2 N–H and O–H groups in total. The number of thioether (sulfide) groups is 1. The maximum absolute atomic E-state index is 5.79. The molecule has 1 nitrogen and oxygen atoms in total. The minimum atomic E-state index is 0.671. The minimum Gasteiger partial charge on any atom is -0.398 e. The van der Waals surface area contributed by atoms with Gasteiger partial charge in [0.2, 0.25) is 0 Å². The number of hydrogen-bond donors (Lipinski definition) is 1. The summed E-state index contributed by atoms with van der Waals surface area (Å²) >= 11 is 1.92. The molecule has 0 aliphatic heterocycles. The summed E-state index contributed by atoms with van der Waals surface area (Å²) < 4.78 is 0. The Kier molecular flexibility index (Phi) is 3.48. The zero-order valence-corrected chi connectivity index (χ0v) is 8.40. The fraction of sp³-hybridized carbons (Fsp3) is 0.400. The van der Waals surface area contributed by atoms with E-state index in [9.17, 15) is 0 Å².